The third-order valence-electron chi connectivity index (χ3n) is 9.18. The van der Waals surface area contributed by atoms with Gasteiger partial charge >= 0.3 is 0 Å². The molecule has 4 aliphatic heterocycles. The fourth-order valence-corrected chi connectivity index (χ4v) is 9.08. The van der Waals surface area contributed by atoms with E-state index in [1.807, 2.05) is 0 Å². The summed E-state index contributed by atoms with van der Waals surface area (Å²) in [5.74, 6) is 0.289. The van der Waals surface area contributed by atoms with Crippen LogP contribution in [0.1, 0.15) is 61.9 Å². The molecule has 0 saturated carbocycles. The summed E-state index contributed by atoms with van der Waals surface area (Å²) >= 11 is 0. The summed E-state index contributed by atoms with van der Waals surface area (Å²) in [6.07, 6.45) is 13.1. The Hall–Kier alpha value is -3.85. The molecule has 9 heteroatoms. The van der Waals surface area contributed by atoms with Crippen LogP contribution in [0.15, 0.2) is 58.4 Å². The third-order valence-corrected chi connectivity index (χ3v) is 12.9. The molecule has 43 heavy (non-hydrogen) atoms. The molecule has 8 nitrogen and oxygen atoms in total. The van der Waals surface area contributed by atoms with Gasteiger partial charge in [-0.15, -0.1) is 0 Å². The van der Waals surface area contributed by atoms with Gasteiger partial charge in [0.1, 0.15) is 0 Å². The summed E-state index contributed by atoms with van der Waals surface area (Å²) < 4.78 is 0. The lowest BCUT2D eigenvalue weighted by Gasteiger charge is -2.44. The van der Waals surface area contributed by atoms with Gasteiger partial charge in [-0.1, -0.05) is 19.1 Å². The van der Waals surface area contributed by atoms with Gasteiger partial charge in [-0.05, 0) is 73.6 Å². The van der Waals surface area contributed by atoms with Crippen molar-refractivity contribution in [3.8, 4) is 0 Å². The van der Waals surface area contributed by atoms with Crippen molar-refractivity contribution < 1.29 is 20.6 Å². The number of nitrogens with one attached hydrogen (secondary N) is 1. The number of allylic oxidation sites excluding steroid dienone is 1. The minimum absolute atomic E-state index is 0. The molecule has 0 spiro atoms. The van der Waals surface area contributed by atoms with Crippen LogP contribution >= 0.6 is 10.0 Å². The van der Waals surface area contributed by atoms with E-state index in [1.165, 1.54) is 46.2 Å². The number of amides is 3. The number of anilines is 2. The molecule has 0 bridgehead atoms. The Bertz CT molecular complexity index is 1530. The van der Waals surface area contributed by atoms with Crippen LogP contribution in [-0.2, 0) is 14.4 Å². The topological polar surface area (TPSA) is 90.0 Å². The smallest absolute Gasteiger partial charge is 0.253 e. The van der Waals surface area contributed by atoms with E-state index >= 15 is 0 Å². The predicted molar refractivity (Wildman–Crippen MR) is 174 cm³/mol. The Morgan fingerprint density at radius 1 is 0.953 bits per heavy atom. The van der Waals surface area contributed by atoms with Crippen LogP contribution in [0, 0.1) is 0 Å². The zero-order chi connectivity index (χ0) is 30.1. The first-order valence-corrected chi connectivity index (χ1v) is 17.6. The third kappa shape index (κ3) is 5.51. The van der Waals surface area contributed by atoms with Crippen LogP contribution in [0.25, 0.3) is 6.08 Å². The Labute approximate surface area is 256 Å². The molecular weight excluding hydrogens is 560 g/mol. The molecule has 2 aromatic rings. The van der Waals surface area contributed by atoms with Gasteiger partial charge in [0.15, 0.2) is 5.78 Å². The molecule has 1 N–H and O–H groups in total. The number of hydrogen-bond donors (Lipinski definition) is 1. The lowest BCUT2D eigenvalue weighted by atomic mass is 9.95. The van der Waals surface area contributed by atoms with Crippen LogP contribution in [-0.4, -0.2) is 79.7 Å². The van der Waals surface area contributed by atoms with Crippen molar-refractivity contribution in [3.05, 3.63) is 65.3 Å². The van der Waals surface area contributed by atoms with E-state index in [0.29, 0.717) is 19.3 Å². The number of hydrogen-bond acceptors (Lipinski definition) is 6. The standard InChI is InChI=1S/C34H40N4O4S.H2/c1-3-43(2)28-22-25(36-16-7-17-36)11-12-27(28)34(42)33-24(21-26(23-29(33)43)37-18-8-19-37)9-5-4-6-10-30(39)35-15-20-38-31(40)13-14-32(38)41;/h5,9,11-14,21-23H,3-4,6-8,10,15-20H2,1-2H3,(H,35,39);1H/b9-5+;. The van der Waals surface area contributed by atoms with Gasteiger partial charge in [0.2, 0.25) is 5.91 Å². The summed E-state index contributed by atoms with van der Waals surface area (Å²) in [5, 5.41) is 2.79. The summed E-state index contributed by atoms with van der Waals surface area (Å²) in [6, 6.07) is 10.9. The molecule has 6 rings (SSSR count). The van der Waals surface area contributed by atoms with Crippen LogP contribution in [0.5, 0.6) is 0 Å². The Morgan fingerprint density at radius 2 is 1.63 bits per heavy atom. The highest BCUT2D eigenvalue weighted by Crippen LogP contribution is 2.65. The van der Waals surface area contributed by atoms with E-state index in [-0.39, 0.29) is 38.0 Å². The van der Waals surface area contributed by atoms with E-state index in [0.717, 1.165) is 53.5 Å². The average Bonchev–Trinajstić information content (AvgIpc) is 3.26. The maximum Gasteiger partial charge on any atom is 0.253 e. The fraction of sp³-hybridized carbons (Fsp3) is 0.412. The number of imide groups is 1. The number of carbonyl (C=O) groups excluding carboxylic acids is 4. The van der Waals surface area contributed by atoms with E-state index in [1.54, 1.807) is 0 Å². The van der Waals surface area contributed by atoms with Crippen molar-refractivity contribution in [1.82, 2.24) is 10.2 Å². The van der Waals surface area contributed by atoms with Crippen molar-refractivity contribution in [3.63, 3.8) is 0 Å². The summed E-state index contributed by atoms with van der Waals surface area (Å²) in [6.45, 7) is 6.90. The number of carbonyl (C=O) groups is 4. The summed E-state index contributed by atoms with van der Waals surface area (Å²) in [4.78, 5) is 58.1. The lowest BCUT2D eigenvalue weighted by molar-refractivity contribution is -0.137. The average molecular weight is 603 g/mol. The van der Waals surface area contributed by atoms with Crippen LogP contribution in [0.2, 0.25) is 0 Å². The molecule has 4 heterocycles. The predicted octanol–water partition coefficient (Wildman–Crippen LogP) is 4.99. The minimum Gasteiger partial charge on any atom is -0.371 e. The Kier molecular flexibility index (Phi) is 8.18. The summed E-state index contributed by atoms with van der Waals surface area (Å²) in [7, 11) is -1.41. The Balaban J connectivity index is 0.00000384. The number of nitrogens with zero attached hydrogens (tertiary/aromatic N) is 3. The maximum atomic E-state index is 14.1. The van der Waals surface area contributed by atoms with E-state index in [2.05, 4.69) is 70.8 Å². The van der Waals surface area contributed by atoms with Gasteiger partial charge in [-0.25, -0.2) is 0 Å². The number of rotatable bonds is 11. The lowest BCUT2D eigenvalue weighted by Crippen LogP contribution is -2.38. The molecule has 3 amide bonds. The molecule has 4 aliphatic rings. The zero-order valence-corrected chi connectivity index (χ0v) is 25.9. The van der Waals surface area contributed by atoms with Gasteiger partial charge in [0.25, 0.3) is 11.8 Å². The molecule has 2 saturated heterocycles. The second-order valence-corrected chi connectivity index (χ2v) is 15.4. The van der Waals surface area contributed by atoms with Gasteiger partial charge in [0.05, 0.1) is 0 Å². The maximum absolute atomic E-state index is 14.1. The second-order valence-electron chi connectivity index (χ2n) is 11.8. The van der Waals surface area contributed by atoms with Crippen LogP contribution < -0.4 is 15.1 Å². The number of unbranched alkanes of at least 4 members (excludes halogenated alkanes) is 1. The SMILES string of the molecule is CCS1(C)c2cc(N3CCC3)ccc2C(=O)c2c(/C=C/CCCC(=O)NCCN3C(=O)C=CC3=O)cc(N3CCC3)cc21.[HH]. The van der Waals surface area contributed by atoms with Crippen molar-refractivity contribution in [2.75, 3.05) is 61.1 Å². The molecule has 0 aliphatic carbocycles. The van der Waals surface area contributed by atoms with Crippen LogP contribution in [0.3, 0.4) is 0 Å². The van der Waals surface area contributed by atoms with Gasteiger partial charge in [0, 0.05) is 91.6 Å². The van der Waals surface area contributed by atoms with Crippen LogP contribution in [0.4, 0.5) is 11.4 Å². The van der Waals surface area contributed by atoms with Gasteiger partial charge < -0.3 is 15.1 Å². The fourth-order valence-electron chi connectivity index (χ4n) is 6.15. The van der Waals surface area contributed by atoms with E-state index < -0.39 is 10.0 Å². The molecule has 228 valence electrons. The minimum atomic E-state index is -1.41. The van der Waals surface area contributed by atoms with Crippen molar-refractivity contribution in [2.24, 2.45) is 0 Å². The highest BCUT2D eigenvalue weighted by atomic mass is 32.3. The van der Waals surface area contributed by atoms with Crippen molar-refractivity contribution in [1.29, 1.82) is 0 Å². The van der Waals surface area contributed by atoms with Crippen molar-refractivity contribution >= 4 is 51.0 Å². The highest BCUT2D eigenvalue weighted by Gasteiger charge is 2.38. The zero-order valence-electron chi connectivity index (χ0n) is 25.1. The number of fused-ring (bicyclic) bond motifs is 2. The highest BCUT2D eigenvalue weighted by molar-refractivity contribution is 8.33. The molecule has 0 aromatic heterocycles. The van der Waals surface area contributed by atoms with E-state index in [9.17, 15) is 19.2 Å². The first kappa shape index (κ1) is 29.2. The molecular formula is C34H42N4O4S. The molecule has 0 radical (unpaired) electrons. The molecule has 2 fully saturated rings. The molecule has 2 aromatic carbocycles. The summed E-state index contributed by atoms with van der Waals surface area (Å²) in [5.41, 5.74) is 5.06. The number of ketones is 1. The monoisotopic (exact) mass is 602 g/mol. The van der Waals surface area contributed by atoms with Gasteiger partial charge in [-0.3, -0.25) is 24.1 Å². The molecule has 1 atom stereocenters. The van der Waals surface area contributed by atoms with Gasteiger partial charge in [-0.2, -0.15) is 10.0 Å². The number of benzene rings is 2. The quantitative estimate of drug-likeness (QED) is 0.288. The first-order valence-electron chi connectivity index (χ1n) is 15.4. The van der Waals surface area contributed by atoms with Crippen molar-refractivity contribution in [2.45, 2.75) is 48.8 Å². The molecule has 1 unspecified atom stereocenters. The normalized spacial score (nSPS) is 22.3. The first-order chi connectivity index (χ1) is 20.8. The Morgan fingerprint density at radius 3 is 2.28 bits per heavy atom. The second kappa shape index (κ2) is 12.0. The van der Waals surface area contributed by atoms with E-state index in [4.69, 9.17) is 0 Å². The largest absolute Gasteiger partial charge is 0.371 e.